The summed E-state index contributed by atoms with van der Waals surface area (Å²) >= 11 is 5.35. The minimum absolute atomic E-state index is 0.0782. The molecule has 1 aromatic carbocycles. The first-order valence-electron chi connectivity index (χ1n) is 10.4. The molecule has 0 aromatic heterocycles. The Morgan fingerprint density at radius 2 is 1.79 bits per heavy atom. The maximum absolute atomic E-state index is 12.7. The van der Waals surface area contributed by atoms with Gasteiger partial charge in [-0.1, -0.05) is 58.7 Å². The van der Waals surface area contributed by atoms with Crippen molar-refractivity contribution >= 4 is 29.1 Å². The standard InChI is InChI=1S/C22H34N4O2S/c1-13(2)19(24-20(27)17-11-7-6-9-15(17)4)21(28)25-26-22(29)23-18-12-8-10-14(3)16(18)5/h6-7,9,11,13-14,16,18-19H,8,10,12H2,1-5H3,(H,24,27)(H,25,28)(H2,23,26,29)/t14-,16-,18+,19-/m0/s1. The van der Waals surface area contributed by atoms with Crippen molar-refractivity contribution in [2.75, 3.05) is 0 Å². The van der Waals surface area contributed by atoms with Crippen molar-refractivity contribution in [3.8, 4) is 0 Å². The van der Waals surface area contributed by atoms with Crippen molar-refractivity contribution in [2.24, 2.45) is 17.8 Å². The van der Waals surface area contributed by atoms with Crippen LogP contribution in [0, 0.1) is 24.7 Å². The Kier molecular flexibility index (Phi) is 8.44. The van der Waals surface area contributed by atoms with Gasteiger partial charge >= 0.3 is 0 Å². The number of amides is 2. The Morgan fingerprint density at radius 3 is 2.45 bits per heavy atom. The quantitative estimate of drug-likeness (QED) is 0.436. The molecule has 160 valence electrons. The van der Waals surface area contributed by atoms with E-state index in [0.717, 1.165) is 12.0 Å². The second kappa shape index (κ2) is 10.6. The van der Waals surface area contributed by atoms with Crippen molar-refractivity contribution in [2.45, 2.75) is 66.0 Å². The predicted octanol–water partition coefficient (Wildman–Crippen LogP) is 3.07. The highest BCUT2D eigenvalue weighted by molar-refractivity contribution is 7.80. The summed E-state index contributed by atoms with van der Waals surface area (Å²) in [6.07, 6.45) is 3.49. The number of thiocarbonyl (C=S) groups is 1. The number of hydrazine groups is 1. The third-order valence-electron chi connectivity index (χ3n) is 5.95. The molecular formula is C22H34N4O2S. The lowest BCUT2D eigenvalue weighted by Crippen LogP contribution is -2.57. The fourth-order valence-corrected chi connectivity index (χ4v) is 3.97. The molecule has 1 fully saturated rings. The number of nitrogens with one attached hydrogen (secondary N) is 4. The number of rotatable bonds is 5. The van der Waals surface area contributed by atoms with Crippen LogP contribution >= 0.6 is 12.2 Å². The van der Waals surface area contributed by atoms with Gasteiger partial charge in [-0.25, -0.2) is 0 Å². The molecule has 4 N–H and O–H groups in total. The zero-order valence-electron chi connectivity index (χ0n) is 18.0. The highest BCUT2D eigenvalue weighted by Gasteiger charge is 2.28. The second-order valence-corrected chi connectivity index (χ2v) is 8.88. The third kappa shape index (κ3) is 6.42. The number of aryl methyl sites for hydroxylation is 1. The van der Waals surface area contributed by atoms with E-state index in [9.17, 15) is 9.59 Å². The van der Waals surface area contributed by atoms with E-state index in [1.54, 1.807) is 6.07 Å². The molecular weight excluding hydrogens is 384 g/mol. The topological polar surface area (TPSA) is 82.3 Å². The molecule has 0 unspecified atom stereocenters. The molecule has 4 atom stereocenters. The first kappa shape index (κ1) is 23.1. The van der Waals surface area contributed by atoms with E-state index in [1.165, 1.54) is 12.8 Å². The highest BCUT2D eigenvalue weighted by Crippen LogP contribution is 2.29. The summed E-state index contributed by atoms with van der Waals surface area (Å²) in [7, 11) is 0. The molecule has 0 aliphatic heterocycles. The van der Waals surface area contributed by atoms with Crippen molar-refractivity contribution in [1.29, 1.82) is 0 Å². The Morgan fingerprint density at radius 1 is 1.10 bits per heavy atom. The molecule has 2 rings (SSSR count). The van der Waals surface area contributed by atoms with Gasteiger partial charge in [0.2, 0.25) is 0 Å². The monoisotopic (exact) mass is 418 g/mol. The maximum atomic E-state index is 12.7. The molecule has 0 spiro atoms. The maximum Gasteiger partial charge on any atom is 0.261 e. The van der Waals surface area contributed by atoms with Gasteiger partial charge in [0.25, 0.3) is 11.8 Å². The molecule has 0 saturated heterocycles. The van der Waals surface area contributed by atoms with E-state index in [1.807, 2.05) is 39.0 Å². The van der Waals surface area contributed by atoms with Crippen LogP contribution in [0.5, 0.6) is 0 Å². The zero-order chi connectivity index (χ0) is 21.6. The van der Waals surface area contributed by atoms with Crippen LogP contribution < -0.4 is 21.5 Å². The number of benzene rings is 1. The van der Waals surface area contributed by atoms with E-state index in [0.29, 0.717) is 28.6 Å². The second-order valence-electron chi connectivity index (χ2n) is 8.47. The van der Waals surface area contributed by atoms with E-state index in [4.69, 9.17) is 12.2 Å². The minimum atomic E-state index is -0.675. The normalized spacial score (nSPS) is 22.5. The van der Waals surface area contributed by atoms with Gasteiger partial charge in [0.15, 0.2) is 5.11 Å². The number of hydrogen-bond donors (Lipinski definition) is 4. The fraction of sp³-hybridized carbons (Fsp3) is 0.591. The summed E-state index contributed by atoms with van der Waals surface area (Å²) in [5.41, 5.74) is 6.87. The lowest BCUT2D eigenvalue weighted by Gasteiger charge is -2.35. The average molecular weight is 419 g/mol. The van der Waals surface area contributed by atoms with Gasteiger partial charge in [-0.05, 0) is 54.9 Å². The SMILES string of the molecule is Cc1ccccc1C(=O)N[C@H](C(=O)NNC(=S)N[C@@H]1CCC[C@H](C)[C@@H]1C)C(C)C. The summed E-state index contributed by atoms with van der Waals surface area (Å²) in [5.74, 6) is 0.515. The molecule has 29 heavy (non-hydrogen) atoms. The summed E-state index contributed by atoms with van der Waals surface area (Å²) < 4.78 is 0. The molecule has 7 heteroatoms. The van der Waals surface area contributed by atoms with Crippen LogP contribution in [-0.4, -0.2) is 29.0 Å². The number of carbonyl (C=O) groups excluding carboxylic acids is 2. The van der Waals surface area contributed by atoms with Crippen LogP contribution in [0.1, 0.15) is 62.9 Å². The lowest BCUT2D eigenvalue weighted by molar-refractivity contribution is -0.124. The van der Waals surface area contributed by atoms with Gasteiger partial charge in [0, 0.05) is 11.6 Å². The lowest BCUT2D eigenvalue weighted by atomic mass is 9.78. The van der Waals surface area contributed by atoms with Crippen molar-refractivity contribution in [1.82, 2.24) is 21.5 Å². The van der Waals surface area contributed by atoms with Crippen molar-refractivity contribution in [3.63, 3.8) is 0 Å². The molecule has 2 amide bonds. The molecule has 6 nitrogen and oxygen atoms in total. The van der Waals surface area contributed by atoms with Gasteiger partial charge in [0.1, 0.15) is 6.04 Å². The number of carbonyl (C=O) groups is 2. The Hall–Kier alpha value is -2.15. The third-order valence-corrected chi connectivity index (χ3v) is 6.17. The first-order chi connectivity index (χ1) is 13.7. The van der Waals surface area contributed by atoms with Gasteiger partial charge in [0.05, 0.1) is 0 Å². The molecule has 1 aromatic rings. The van der Waals surface area contributed by atoms with Crippen LogP contribution in [0.15, 0.2) is 24.3 Å². The summed E-state index contributed by atoms with van der Waals surface area (Å²) in [6.45, 7) is 10.2. The minimum Gasteiger partial charge on any atom is -0.358 e. The fourth-order valence-electron chi connectivity index (χ4n) is 3.77. The Bertz CT molecular complexity index is 737. The molecule has 0 heterocycles. The van der Waals surface area contributed by atoms with Crippen LogP contribution in [0.4, 0.5) is 0 Å². The van der Waals surface area contributed by atoms with Crippen molar-refractivity contribution < 1.29 is 9.59 Å². The van der Waals surface area contributed by atoms with Gasteiger partial charge in [-0.2, -0.15) is 0 Å². The first-order valence-corrected chi connectivity index (χ1v) is 10.8. The van der Waals surface area contributed by atoms with Gasteiger partial charge in [-0.15, -0.1) is 0 Å². The van der Waals surface area contributed by atoms with Crippen molar-refractivity contribution in [3.05, 3.63) is 35.4 Å². The van der Waals surface area contributed by atoms with Crippen LogP contribution in [0.3, 0.4) is 0 Å². The smallest absolute Gasteiger partial charge is 0.261 e. The molecule has 1 saturated carbocycles. The van der Waals surface area contributed by atoms with Crippen LogP contribution in [-0.2, 0) is 4.79 Å². The average Bonchev–Trinajstić information content (AvgIpc) is 2.67. The van der Waals surface area contributed by atoms with Gasteiger partial charge in [-0.3, -0.25) is 20.4 Å². The van der Waals surface area contributed by atoms with E-state index >= 15 is 0 Å². The summed E-state index contributed by atoms with van der Waals surface area (Å²) in [4.78, 5) is 25.3. The van der Waals surface area contributed by atoms with Gasteiger partial charge < -0.3 is 10.6 Å². The summed E-state index contributed by atoms with van der Waals surface area (Å²) in [5, 5.41) is 6.55. The molecule has 0 bridgehead atoms. The zero-order valence-corrected chi connectivity index (χ0v) is 18.9. The summed E-state index contributed by atoms with van der Waals surface area (Å²) in [6, 6.07) is 6.94. The number of hydrogen-bond acceptors (Lipinski definition) is 3. The largest absolute Gasteiger partial charge is 0.358 e. The Balaban J connectivity index is 1.90. The molecule has 1 aliphatic rings. The Labute approximate surface area is 179 Å². The predicted molar refractivity (Wildman–Crippen MR) is 120 cm³/mol. The molecule has 0 radical (unpaired) electrons. The van der Waals surface area contributed by atoms with E-state index in [-0.39, 0.29) is 17.7 Å². The van der Waals surface area contributed by atoms with E-state index in [2.05, 4.69) is 35.3 Å². The van der Waals surface area contributed by atoms with Crippen LogP contribution in [0.2, 0.25) is 0 Å². The highest BCUT2D eigenvalue weighted by atomic mass is 32.1. The molecule has 1 aliphatic carbocycles. The van der Waals surface area contributed by atoms with Crippen LogP contribution in [0.25, 0.3) is 0 Å². The van der Waals surface area contributed by atoms with E-state index < -0.39 is 6.04 Å².